The number of halogens is 1. The average Bonchev–Trinajstić information content (AvgIpc) is 2.57. The number of nitrogens with one attached hydrogen (secondary N) is 1. The van der Waals surface area contributed by atoms with Gasteiger partial charge in [-0.3, -0.25) is 14.3 Å². The van der Waals surface area contributed by atoms with Crippen molar-refractivity contribution < 1.29 is 9.13 Å². The summed E-state index contributed by atoms with van der Waals surface area (Å²) in [5.74, 6) is -0.411. The Hall–Kier alpha value is -2.47. The molecule has 2 aromatic rings. The van der Waals surface area contributed by atoms with E-state index in [9.17, 15) is 14.0 Å². The minimum atomic E-state index is -0.611. The van der Waals surface area contributed by atoms with Crippen LogP contribution in [0.1, 0.15) is 24.0 Å². The molecule has 0 spiro atoms. The standard InChI is InChI=1S/C18H21FN2O3/c1-14-11-21(18(23)20-17(14)22)12-16(19)9-5-6-10-24-13-15-7-3-2-4-8-15/h2-4,7-9,11H,5-6,10,12-13H2,1H3,(H,20,22,23)/b16-9-. The first-order valence-corrected chi connectivity index (χ1v) is 7.83. The Labute approximate surface area is 139 Å². The highest BCUT2D eigenvalue weighted by atomic mass is 19.1. The monoisotopic (exact) mass is 332 g/mol. The first kappa shape index (κ1) is 17.9. The van der Waals surface area contributed by atoms with Crippen LogP contribution in [0.4, 0.5) is 4.39 Å². The third-order valence-corrected chi connectivity index (χ3v) is 3.48. The van der Waals surface area contributed by atoms with Crippen molar-refractivity contribution in [1.29, 1.82) is 0 Å². The van der Waals surface area contributed by atoms with Crippen LogP contribution in [0.3, 0.4) is 0 Å². The molecule has 0 bridgehead atoms. The highest BCUT2D eigenvalue weighted by Crippen LogP contribution is 2.05. The van der Waals surface area contributed by atoms with Crippen molar-refractivity contribution in [2.24, 2.45) is 0 Å². The van der Waals surface area contributed by atoms with E-state index >= 15 is 0 Å². The maximum atomic E-state index is 13.8. The molecule has 0 radical (unpaired) electrons. The van der Waals surface area contributed by atoms with E-state index in [0.29, 0.717) is 31.6 Å². The van der Waals surface area contributed by atoms with Crippen molar-refractivity contribution in [2.45, 2.75) is 32.9 Å². The second-order valence-corrected chi connectivity index (χ2v) is 5.53. The molecule has 0 unspecified atom stereocenters. The summed E-state index contributed by atoms with van der Waals surface area (Å²) in [5, 5.41) is 0. The third-order valence-electron chi connectivity index (χ3n) is 3.48. The number of nitrogens with zero attached hydrogens (tertiary/aromatic N) is 1. The van der Waals surface area contributed by atoms with Crippen LogP contribution in [0.25, 0.3) is 0 Å². The van der Waals surface area contributed by atoms with E-state index in [4.69, 9.17) is 4.74 Å². The van der Waals surface area contributed by atoms with Gasteiger partial charge < -0.3 is 4.74 Å². The number of allylic oxidation sites excluding steroid dienone is 2. The zero-order valence-electron chi connectivity index (χ0n) is 13.6. The molecule has 1 aromatic heterocycles. The van der Waals surface area contributed by atoms with E-state index in [0.717, 1.165) is 10.1 Å². The molecule has 24 heavy (non-hydrogen) atoms. The van der Waals surface area contributed by atoms with E-state index in [1.54, 1.807) is 6.92 Å². The molecule has 0 fully saturated rings. The number of hydrogen-bond donors (Lipinski definition) is 1. The van der Waals surface area contributed by atoms with Gasteiger partial charge in [0.05, 0.1) is 13.2 Å². The summed E-state index contributed by atoms with van der Waals surface area (Å²) in [6.07, 6.45) is 4.02. The quantitative estimate of drug-likeness (QED) is 0.756. The van der Waals surface area contributed by atoms with Gasteiger partial charge in [0.25, 0.3) is 5.56 Å². The van der Waals surface area contributed by atoms with Crippen LogP contribution in [0.5, 0.6) is 0 Å². The fourth-order valence-corrected chi connectivity index (χ4v) is 2.17. The van der Waals surface area contributed by atoms with E-state index in [1.165, 1.54) is 12.3 Å². The van der Waals surface area contributed by atoms with E-state index in [1.807, 2.05) is 30.3 Å². The molecule has 0 saturated heterocycles. The van der Waals surface area contributed by atoms with Crippen molar-refractivity contribution >= 4 is 0 Å². The predicted molar refractivity (Wildman–Crippen MR) is 90.6 cm³/mol. The first-order valence-electron chi connectivity index (χ1n) is 7.83. The smallest absolute Gasteiger partial charge is 0.328 e. The molecule has 6 heteroatoms. The highest BCUT2D eigenvalue weighted by molar-refractivity contribution is 5.13. The van der Waals surface area contributed by atoms with Crippen LogP contribution >= 0.6 is 0 Å². The second-order valence-electron chi connectivity index (χ2n) is 5.53. The topological polar surface area (TPSA) is 64.1 Å². The van der Waals surface area contributed by atoms with Crippen molar-refractivity contribution in [3.8, 4) is 0 Å². The fraction of sp³-hybridized carbons (Fsp3) is 0.333. The van der Waals surface area contributed by atoms with Gasteiger partial charge >= 0.3 is 5.69 Å². The van der Waals surface area contributed by atoms with Gasteiger partial charge in [0.2, 0.25) is 0 Å². The minimum absolute atomic E-state index is 0.179. The Morgan fingerprint density at radius 2 is 2.04 bits per heavy atom. The van der Waals surface area contributed by atoms with Crippen molar-refractivity contribution in [3.05, 3.63) is 80.4 Å². The van der Waals surface area contributed by atoms with Gasteiger partial charge in [-0.05, 0) is 25.3 Å². The van der Waals surface area contributed by atoms with Crippen LogP contribution < -0.4 is 11.2 Å². The van der Waals surface area contributed by atoms with Gasteiger partial charge in [-0.15, -0.1) is 0 Å². The van der Waals surface area contributed by atoms with Gasteiger partial charge in [0.1, 0.15) is 5.83 Å². The van der Waals surface area contributed by atoms with Crippen LogP contribution in [-0.2, 0) is 17.9 Å². The summed E-state index contributed by atoms with van der Waals surface area (Å²) >= 11 is 0. The molecule has 0 aliphatic rings. The lowest BCUT2D eigenvalue weighted by atomic mass is 10.2. The molecule has 128 valence electrons. The number of aromatic nitrogens is 2. The summed E-state index contributed by atoms with van der Waals surface area (Å²) in [4.78, 5) is 25.0. The fourth-order valence-electron chi connectivity index (χ4n) is 2.17. The summed E-state index contributed by atoms with van der Waals surface area (Å²) in [6, 6.07) is 9.84. The maximum absolute atomic E-state index is 13.8. The summed E-state index contributed by atoms with van der Waals surface area (Å²) in [6.45, 7) is 2.47. The zero-order chi connectivity index (χ0) is 17.4. The number of hydrogen-bond acceptors (Lipinski definition) is 3. The first-order chi connectivity index (χ1) is 11.6. The SMILES string of the molecule is Cc1cn(C/C(F)=C/CCCOCc2ccccc2)c(=O)[nH]c1=O. The Balaban J connectivity index is 1.73. The number of unbranched alkanes of at least 4 members (excludes halogenated alkanes) is 1. The molecule has 1 N–H and O–H groups in total. The lowest BCUT2D eigenvalue weighted by Gasteiger charge is -2.05. The number of H-pyrrole nitrogens is 1. The van der Waals surface area contributed by atoms with Crippen molar-refractivity contribution in [1.82, 2.24) is 9.55 Å². The van der Waals surface area contributed by atoms with E-state index < -0.39 is 17.1 Å². The zero-order valence-corrected chi connectivity index (χ0v) is 13.6. The number of benzene rings is 1. The average molecular weight is 332 g/mol. The summed E-state index contributed by atoms with van der Waals surface area (Å²) in [5.41, 5.74) is 0.417. The molecule has 5 nitrogen and oxygen atoms in total. The lowest BCUT2D eigenvalue weighted by molar-refractivity contribution is 0.119. The lowest BCUT2D eigenvalue weighted by Crippen LogP contribution is -2.30. The molecular weight excluding hydrogens is 311 g/mol. The highest BCUT2D eigenvalue weighted by Gasteiger charge is 2.03. The maximum Gasteiger partial charge on any atom is 0.328 e. The van der Waals surface area contributed by atoms with Crippen molar-refractivity contribution in [3.63, 3.8) is 0 Å². The predicted octanol–water partition coefficient (Wildman–Crippen LogP) is 2.70. The molecule has 2 rings (SSSR count). The van der Waals surface area contributed by atoms with Crippen LogP contribution in [0.2, 0.25) is 0 Å². The van der Waals surface area contributed by atoms with E-state index in [2.05, 4.69) is 4.98 Å². The summed E-state index contributed by atoms with van der Waals surface area (Å²) < 4.78 is 20.5. The Bertz CT molecular complexity index is 794. The molecule has 0 aliphatic heterocycles. The summed E-state index contributed by atoms with van der Waals surface area (Å²) in [7, 11) is 0. The van der Waals surface area contributed by atoms with Crippen molar-refractivity contribution in [2.75, 3.05) is 6.61 Å². The second kappa shape index (κ2) is 8.98. The Kier molecular flexibility index (Phi) is 6.69. The molecule has 1 aromatic carbocycles. The normalized spacial score (nSPS) is 11.7. The molecule has 0 aliphatic carbocycles. The van der Waals surface area contributed by atoms with Gasteiger partial charge in [-0.2, -0.15) is 0 Å². The molecule has 0 saturated carbocycles. The van der Waals surface area contributed by atoms with E-state index in [-0.39, 0.29) is 6.54 Å². The van der Waals surface area contributed by atoms with Crippen LogP contribution in [0.15, 0.2) is 58.0 Å². The number of aryl methyl sites for hydroxylation is 1. The largest absolute Gasteiger partial charge is 0.377 e. The Morgan fingerprint density at radius 3 is 2.79 bits per heavy atom. The minimum Gasteiger partial charge on any atom is -0.377 e. The molecule has 1 heterocycles. The number of rotatable bonds is 8. The van der Waals surface area contributed by atoms with Gasteiger partial charge in [0, 0.05) is 18.4 Å². The molecule has 0 amide bonds. The Morgan fingerprint density at radius 1 is 1.29 bits per heavy atom. The van der Waals surface area contributed by atoms with Crippen LogP contribution in [0, 0.1) is 6.92 Å². The van der Waals surface area contributed by atoms with Crippen LogP contribution in [-0.4, -0.2) is 16.2 Å². The van der Waals surface area contributed by atoms with Gasteiger partial charge in [0.15, 0.2) is 0 Å². The van der Waals surface area contributed by atoms with Gasteiger partial charge in [-0.1, -0.05) is 36.4 Å². The number of aromatic amines is 1. The number of ether oxygens (including phenoxy) is 1. The van der Waals surface area contributed by atoms with Gasteiger partial charge in [-0.25, -0.2) is 9.18 Å². The molecule has 0 atom stereocenters. The third kappa shape index (κ3) is 5.62. The molecular formula is C18H21FN2O3.